The Hall–Kier alpha value is 0.620. The molecule has 3 unspecified atom stereocenters. The van der Waals surface area contributed by atoms with E-state index in [9.17, 15) is 0 Å². The second-order valence-corrected chi connectivity index (χ2v) is 8.09. The molecule has 3 heterocycles. The van der Waals surface area contributed by atoms with E-state index in [1.54, 1.807) is 0 Å². The summed E-state index contributed by atoms with van der Waals surface area (Å²) in [7, 11) is 0. The van der Waals surface area contributed by atoms with Gasteiger partial charge in [0.25, 0.3) is 0 Å². The number of rotatable bonds is 0. The van der Waals surface area contributed by atoms with Crippen LogP contribution in [0, 0.1) is 0 Å². The second kappa shape index (κ2) is 5.09. The zero-order valence-corrected chi connectivity index (χ0v) is 11.3. The fraction of sp³-hybridized carbons (Fsp3) is 1.00. The van der Waals surface area contributed by atoms with Gasteiger partial charge in [0.1, 0.15) is 0 Å². The number of hydrogen-bond acceptors (Lipinski definition) is 4. The SMILES string of the molecule is C1COC2CCC3(CC2OCCCS3)SC1. The molecule has 3 bridgehead atoms. The smallest absolute Gasteiger partial charge is 0.0858 e. The van der Waals surface area contributed by atoms with Crippen LogP contribution in [0.5, 0.6) is 0 Å². The van der Waals surface area contributed by atoms with Crippen LogP contribution in [0.1, 0.15) is 32.1 Å². The van der Waals surface area contributed by atoms with E-state index in [0.29, 0.717) is 16.3 Å². The monoisotopic (exact) mass is 260 g/mol. The van der Waals surface area contributed by atoms with Gasteiger partial charge in [0.05, 0.1) is 16.3 Å². The number of thioether (sulfide) groups is 2. The molecular weight excluding hydrogens is 240 g/mol. The Labute approximate surface area is 106 Å². The third kappa shape index (κ3) is 2.40. The number of ether oxygens (including phenoxy) is 2. The van der Waals surface area contributed by atoms with Crippen molar-refractivity contribution < 1.29 is 9.47 Å². The lowest BCUT2D eigenvalue weighted by Gasteiger charge is -2.44. The zero-order valence-electron chi connectivity index (χ0n) is 9.65. The van der Waals surface area contributed by atoms with Gasteiger partial charge in [0.15, 0.2) is 0 Å². The summed E-state index contributed by atoms with van der Waals surface area (Å²) in [6.45, 7) is 1.86. The van der Waals surface area contributed by atoms with Gasteiger partial charge in [0.2, 0.25) is 0 Å². The van der Waals surface area contributed by atoms with Crippen molar-refractivity contribution in [1.82, 2.24) is 0 Å². The zero-order chi connectivity index (χ0) is 10.8. The lowest BCUT2D eigenvalue weighted by molar-refractivity contribution is -0.0922. The van der Waals surface area contributed by atoms with Crippen LogP contribution in [0.2, 0.25) is 0 Å². The molecule has 4 aliphatic rings. The first-order valence-electron chi connectivity index (χ1n) is 6.39. The molecule has 16 heavy (non-hydrogen) atoms. The molecule has 0 radical (unpaired) electrons. The summed E-state index contributed by atoms with van der Waals surface area (Å²) in [4.78, 5) is 0. The molecule has 0 N–H and O–H groups in total. The minimum absolute atomic E-state index is 0.368. The Bertz CT molecular complexity index is 245. The molecule has 3 saturated heterocycles. The molecule has 1 saturated carbocycles. The van der Waals surface area contributed by atoms with Crippen LogP contribution in [0.15, 0.2) is 0 Å². The highest BCUT2D eigenvalue weighted by molar-refractivity contribution is 8.18. The predicted octanol–water partition coefficient (Wildman–Crippen LogP) is 2.91. The van der Waals surface area contributed by atoms with Crippen LogP contribution < -0.4 is 0 Å². The third-order valence-electron chi connectivity index (χ3n) is 3.71. The molecule has 1 spiro atoms. The van der Waals surface area contributed by atoms with Crippen molar-refractivity contribution in [3.63, 3.8) is 0 Å². The van der Waals surface area contributed by atoms with E-state index in [1.807, 2.05) is 0 Å². The molecule has 0 aromatic heterocycles. The molecule has 0 amide bonds. The van der Waals surface area contributed by atoms with Crippen LogP contribution in [-0.2, 0) is 9.47 Å². The van der Waals surface area contributed by atoms with Crippen LogP contribution >= 0.6 is 23.5 Å². The maximum Gasteiger partial charge on any atom is 0.0858 e. The first-order valence-corrected chi connectivity index (χ1v) is 8.36. The lowest BCUT2D eigenvalue weighted by atomic mass is 9.93. The molecule has 4 heteroatoms. The first kappa shape index (κ1) is 11.7. The molecule has 3 atom stereocenters. The highest BCUT2D eigenvalue weighted by Crippen LogP contribution is 2.51. The lowest BCUT2D eigenvalue weighted by Crippen LogP contribution is -2.44. The van der Waals surface area contributed by atoms with E-state index in [1.165, 1.54) is 43.6 Å². The van der Waals surface area contributed by atoms with Gasteiger partial charge >= 0.3 is 0 Å². The van der Waals surface area contributed by atoms with Gasteiger partial charge in [-0.05, 0) is 43.6 Å². The average molecular weight is 260 g/mol. The van der Waals surface area contributed by atoms with Crippen molar-refractivity contribution in [2.24, 2.45) is 0 Å². The summed E-state index contributed by atoms with van der Waals surface area (Å²) in [5.41, 5.74) is 0. The van der Waals surface area contributed by atoms with E-state index < -0.39 is 0 Å². The van der Waals surface area contributed by atoms with Crippen LogP contribution in [-0.4, -0.2) is 41.0 Å². The van der Waals surface area contributed by atoms with Crippen molar-refractivity contribution in [3.8, 4) is 0 Å². The standard InChI is InChI=1S/C12H20O2S2/c1-5-13-10-3-4-12(15-7-1)9-11(10)14-6-2-8-16-12/h10-11H,1-9H2. The van der Waals surface area contributed by atoms with Gasteiger partial charge in [-0.3, -0.25) is 0 Å². The van der Waals surface area contributed by atoms with Crippen molar-refractivity contribution >= 4 is 23.5 Å². The van der Waals surface area contributed by atoms with Crippen molar-refractivity contribution in [2.75, 3.05) is 24.7 Å². The van der Waals surface area contributed by atoms with Gasteiger partial charge in [-0.2, -0.15) is 0 Å². The fourth-order valence-electron chi connectivity index (χ4n) is 2.85. The van der Waals surface area contributed by atoms with Gasteiger partial charge in [-0.15, -0.1) is 23.5 Å². The highest BCUT2D eigenvalue weighted by atomic mass is 32.2. The molecule has 0 aromatic rings. The second-order valence-electron chi connectivity index (χ2n) is 4.88. The minimum Gasteiger partial charge on any atom is -0.375 e. The maximum atomic E-state index is 6.02. The Morgan fingerprint density at radius 3 is 2.38 bits per heavy atom. The average Bonchev–Trinajstić information content (AvgIpc) is 2.42. The Balaban J connectivity index is 1.82. The fourth-order valence-corrected chi connectivity index (χ4v) is 6.04. The van der Waals surface area contributed by atoms with Gasteiger partial charge in [0, 0.05) is 13.2 Å². The normalized spacial score (nSPS) is 45.0. The van der Waals surface area contributed by atoms with E-state index in [4.69, 9.17) is 9.47 Å². The van der Waals surface area contributed by atoms with Gasteiger partial charge in [-0.1, -0.05) is 0 Å². The van der Waals surface area contributed by atoms with Crippen molar-refractivity contribution in [2.45, 2.75) is 48.4 Å². The van der Waals surface area contributed by atoms with E-state index in [2.05, 4.69) is 23.5 Å². The number of hydrogen-bond donors (Lipinski definition) is 0. The molecule has 0 aromatic carbocycles. The Morgan fingerprint density at radius 1 is 0.938 bits per heavy atom. The summed E-state index contributed by atoms with van der Waals surface area (Å²) in [5, 5.41) is 0. The Morgan fingerprint density at radius 2 is 1.62 bits per heavy atom. The predicted molar refractivity (Wildman–Crippen MR) is 70.2 cm³/mol. The molecule has 3 aliphatic heterocycles. The molecule has 92 valence electrons. The van der Waals surface area contributed by atoms with E-state index >= 15 is 0 Å². The van der Waals surface area contributed by atoms with E-state index in [0.717, 1.165) is 13.2 Å². The topological polar surface area (TPSA) is 18.5 Å². The largest absolute Gasteiger partial charge is 0.375 e. The molecule has 4 fully saturated rings. The summed E-state index contributed by atoms with van der Waals surface area (Å²) in [6, 6.07) is 0. The molecule has 1 aliphatic carbocycles. The highest BCUT2D eigenvalue weighted by Gasteiger charge is 2.44. The molecule has 2 nitrogen and oxygen atoms in total. The summed E-state index contributed by atoms with van der Waals surface area (Å²) >= 11 is 4.37. The molecule has 4 rings (SSSR count). The van der Waals surface area contributed by atoms with Crippen LogP contribution in [0.3, 0.4) is 0 Å². The summed E-state index contributed by atoms with van der Waals surface area (Å²) < 4.78 is 12.5. The van der Waals surface area contributed by atoms with E-state index in [-0.39, 0.29) is 0 Å². The van der Waals surface area contributed by atoms with Crippen molar-refractivity contribution in [1.29, 1.82) is 0 Å². The molecular formula is C12H20O2S2. The summed E-state index contributed by atoms with van der Waals surface area (Å²) in [5.74, 6) is 2.53. The van der Waals surface area contributed by atoms with Crippen LogP contribution in [0.25, 0.3) is 0 Å². The van der Waals surface area contributed by atoms with Crippen LogP contribution in [0.4, 0.5) is 0 Å². The number of fused-ring (bicyclic) bond motifs is 5. The van der Waals surface area contributed by atoms with Gasteiger partial charge < -0.3 is 9.47 Å². The Kier molecular flexibility index (Phi) is 3.72. The summed E-state index contributed by atoms with van der Waals surface area (Å²) in [6.07, 6.45) is 6.87. The first-order chi connectivity index (χ1) is 7.88. The van der Waals surface area contributed by atoms with Crippen molar-refractivity contribution in [3.05, 3.63) is 0 Å². The van der Waals surface area contributed by atoms with Gasteiger partial charge in [-0.25, -0.2) is 0 Å². The maximum absolute atomic E-state index is 6.02. The third-order valence-corrected chi connectivity index (χ3v) is 7.19. The minimum atomic E-state index is 0.368. The quantitative estimate of drug-likeness (QED) is 0.666.